The summed E-state index contributed by atoms with van der Waals surface area (Å²) in [5.74, 6) is -0.191. The fourth-order valence-corrected chi connectivity index (χ4v) is 9.05. The molecular formula is C33H33N4OSi+. The van der Waals surface area contributed by atoms with Gasteiger partial charge in [0.25, 0.3) is 0 Å². The van der Waals surface area contributed by atoms with E-state index in [2.05, 4.69) is 84.9 Å². The summed E-state index contributed by atoms with van der Waals surface area (Å²) in [6.45, 7) is 6.86. The number of rotatable bonds is 5. The highest BCUT2D eigenvalue weighted by Gasteiger charge is 2.40. The molecule has 6 rings (SSSR count). The minimum Gasteiger partial charge on any atom is -0.361 e. The van der Waals surface area contributed by atoms with E-state index in [1.54, 1.807) is 0 Å². The Hall–Kier alpha value is -4.26. The molecule has 1 aliphatic heterocycles. The molecule has 0 radical (unpaired) electrons. The number of nitrogens with one attached hydrogen (secondary N) is 2. The number of allylic oxidation sites excluding steroid dienone is 5. The summed E-state index contributed by atoms with van der Waals surface area (Å²) >= 11 is 0. The number of aryl methyl sites for hydroxylation is 1. The van der Waals surface area contributed by atoms with Gasteiger partial charge in [-0.05, 0) is 81.4 Å². The van der Waals surface area contributed by atoms with Crippen LogP contribution in [0.1, 0.15) is 22.3 Å². The van der Waals surface area contributed by atoms with Gasteiger partial charge >= 0.3 is 0 Å². The second kappa shape index (κ2) is 9.49. The predicted molar refractivity (Wildman–Crippen MR) is 164 cm³/mol. The standard InChI is InChI=1S/C33H32N4OSi/c1-20-8-4-5-9-24(20)32-26-14-12-22(34)17-30(26)39(2,3)31-18-23(13-15-27(31)32)37-33(38)28(35)16-21-19-36-29-11-7-6-10-25(21)29/h4-15,17-19,28,34,36H,16,35H2,1-3H3,(H,37,38)/p+1/t28-/m0/s1. The number of nitrogens with two attached hydrogens (primary N) is 2. The van der Waals surface area contributed by atoms with Gasteiger partial charge in [-0.1, -0.05) is 61.6 Å². The number of benzene rings is 3. The first-order valence-corrected chi connectivity index (χ1v) is 16.3. The van der Waals surface area contributed by atoms with E-state index < -0.39 is 14.1 Å². The largest absolute Gasteiger partial charge is 0.361 e. The number of aromatic amines is 1. The normalized spacial score (nSPS) is 16.5. The molecule has 6 N–H and O–H groups in total. The Kier molecular flexibility index (Phi) is 6.09. The third-order valence-corrected chi connectivity index (χ3v) is 11.6. The van der Waals surface area contributed by atoms with Crippen LogP contribution in [0, 0.1) is 6.92 Å². The zero-order valence-corrected chi connectivity index (χ0v) is 23.5. The van der Waals surface area contributed by atoms with E-state index in [1.165, 1.54) is 38.2 Å². The van der Waals surface area contributed by atoms with Crippen LogP contribution in [-0.2, 0) is 11.2 Å². The number of amides is 1. The number of carbonyl (C=O) groups is 1. The fourth-order valence-electron chi connectivity index (χ4n) is 5.95. The molecule has 0 fully saturated rings. The van der Waals surface area contributed by atoms with Crippen molar-refractivity contribution in [1.82, 2.24) is 4.98 Å². The topological polar surface area (TPSA) is 96.5 Å². The molecule has 2 aliphatic rings. The van der Waals surface area contributed by atoms with Gasteiger partial charge in [0, 0.05) is 34.9 Å². The summed E-state index contributed by atoms with van der Waals surface area (Å²) in [4.78, 5) is 16.5. The van der Waals surface area contributed by atoms with Crippen LogP contribution in [0.5, 0.6) is 0 Å². The second-order valence-corrected chi connectivity index (χ2v) is 15.4. The maximum Gasteiger partial charge on any atom is 0.241 e. The summed E-state index contributed by atoms with van der Waals surface area (Å²) in [6, 6.07) is 22.2. The van der Waals surface area contributed by atoms with Crippen LogP contribution in [-0.4, -0.2) is 30.7 Å². The Bertz CT molecular complexity index is 1750. The van der Waals surface area contributed by atoms with Crippen molar-refractivity contribution < 1.29 is 10.2 Å². The van der Waals surface area contributed by atoms with Gasteiger partial charge in [0.15, 0.2) is 5.71 Å². The van der Waals surface area contributed by atoms with Gasteiger partial charge in [-0.3, -0.25) is 10.2 Å². The smallest absolute Gasteiger partial charge is 0.241 e. The summed E-state index contributed by atoms with van der Waals surface area (Å²) in [5.41, 5.74) is 16.2. The van der Waals surface area contributed by atoms with Gasteiger partial charge in [0.05, 0.1) is 6.04 Å². The minimum atomic E-state index is -2.13. The number of H-pyrrole nitrogens is 1. The van der Waals surface area contributed by atoms with Crippen molar-refractivity contribution in [2.24, 2.45) is 5.73 Å². The summed E-state index contributed by atoms with van der Waals surface area (Å²) in [5, 5.41) is 13.1. The van der Waals surface area contributed by atoms with Crippen molar-refractivity contribution in [3.05, 3.63) is 124 Å². The molecule has 1 aliphatic carbocycles. The van der Waals surface area contributed by atoms with Gasteiger partial charge in [-0.15, -0.1) is 0 Å². The highest BCUT2D eigenvalue weighted by atomic mass is 28.3. The molecule has 194 valence electrons. The van der Waals surface area contributed by atoms with Crippen LogP contribution in [0.4, 0.5) is 5.69 Å². The Morgan fingerprint density at radius 2 is 1.79 bits per heavy atom. The number of fused-ring (bicyclic) bond motifs is 3. The first kappa shape index (κ1) is 25.0. The van der Waals surface area contributed by atoms with E-state index in [0.29, 0.717) is 6.42 Å². The molecule has 39 heavy (non-hydrogen) atoms. The van der Waals surface area contributed by atoms with Crippen molar-refractivity contribution >= 4 is 47.0 Å². The van der Waals surface area contributed by atoms with Gasteiger partial charge in [0.1, 0.15) is 8.07 Å². The Morgan fingerprint density at radius 1 is 1.03 bits per heavy atom. The number of hydrogen-bond donors (Lipinski definition) is 4. The molecule has 0 saturated heterocycles. The zero-order valence-electron chi connectivity index (χ0n) is 22.5. The van der Waals surface area contributed by atoms with Crippen molar-refractivity contribution in [3.8, 4) is 0 Å². The van der Waals surface area contributed by atoms with E-state index >= 15 is 0 Å². The molecule has 1 aromatic heterocycles. The minimum absolute atomic E-state index is 0.191. The van der Waals surface area contributed by atoms with Crippen LogP contribution < -0.4 is 21.6 Å². The van der Waals surface area contributed by atoms with Gasteiger partial charge in [-0.2, -0.15) is 0 Å². The lowest BCUT2D eigenvalue weighted by Gasteiger charge is -2.38. The molecule has 5 nitrogen and oxygen atoms in total. The van der Waals surface area contributed by atoms with Crippen molar-refractivity contribution in [2.45, 2.75) is 32.5 Å². The highest BCUT2D eigenvalue weighted by Crippen LogP contribution is 2.42. The predicted octanol–water partition coefficient (Wildman–Crippen LogP) is 3.95. The zero-order chi connectivity index (χ0) is 27.3. The van der Waals surface area contributed by atoms with E-state index in [9.17, 15) is 4.79 Å². The lowest BCUT2D eigenvalue weighted by Crippen LogP contribution is -2.51. The number of aromatic nitrogens is 1. The number of hydrogen-bond acceptors (Lipinski definition) is 2. The molecule has 0 spiro atoms. The Labute approximate surface area is 229 Å². The molecule has 0 unspecified atom stereocenters. The molecular weight excluding hydrogens is 496 g/mol. The molecule has 0 saturated carbocycles. The number of para-hydroxylation sites is 1. The average molecular weight is 530 g/mol. The molecule has 2 heterocycles. The lowest BCUT2D eigenvalue weighted by molar-refractivity contribution is -0.117. The maximum atomic E-state index is 13.2. The van der Waals surface area contributed by atoms with Crippen LogP contribution >= 0.6 is 0 Å². The van der Waals surface area contributed by atoms with E-state index in [-0.39, 0.29) is 5.91 Å². The Balaban J connectivity index is 1.36. The fraction of sp³-hybridized carbons (Fsp3) is 0.152. The van der Waals surface area contributed by atoms with Gasteiger partial charge < -0.3 is 16.0 Å². The number of anilines is 1. The lowest BCUT2D eigenvalue weighted by atomic mass is 9.87. The first-order chi connectivity index (χ1) is 18.7. The summed E-state index contributed by atoms with van der Waals surface area (Å²) in [7, 11) is -2.13. The second-order valence-electron chi connectivity index (χ2n) is 11.0. The van der Waals surface area contributed by atoms with E-state index in [0.717, 1.165) is 27.9 Å². The number of carbonyl (C=O) groups excluding carboxylic acids is 1. The molecule has 6 heteroatoms. The molecule has 1 amide bonds. The van der Waals surface area contributed by atoms with Crippen LogP contribution in [0.25, 0.3) is 16.5 Å². The molecule has 0 bridgehead atoms. The third kappa shape index (κ3) is 4.32. The SMILES string of the molecule is Cc1ccccc1C1=C2C=CC(=[NH2+])C=C2[Si](C)(C)c2cc(NC(=O)[C@@H](N)Cc3c[nH]c4ccccc34)ccc21. The maximum absolute atomic E-state index is 13.2. The van der Waals surface area contributed by atoms with Crippen LogP contribution in [0.2, 0.25) is 13.1 Å². The van der Waals surface area contributed by atoms with E-state index in [4.69, 9.17) is 11.1 Å². The molecule has 4 aromatic rings. The third-order valence-electron chi connectivity index (χ3n) is 8.08. The van der Waals surface area contributed by atoms with Crippen LogP contribution in [0.3, 0.4) is 0 Å². The molecule has 1 atom stereocenters. The van der Waals surface area contributed by atoms with E-state index in [1.807, 2.05) is 36.5 Å². The van der Waals surface area contributed by atoms with Crippen LogP contribution in [0.15, 0.2) is 102 Å². The highest BCUT2D eigenvalue weighted by molar-refractivity contribution is 6.98. The molecule has 3 aromatic carbocycles. The van der Waals surface area contributed by atoms with Gasteiger partial charge in [-0.25, -0.2) is 0 Å². The summed E-state index contributed by atoms with van der Waals surface area (Å²) < 4.78 is 0. The average Bonchev–Trinajstić information content (AvgIpc) is 3.33. The van der Waals surface area contributed by atoms with Crippen molar-refractivity contribution in [1.29, 1.82) is 0 Å². The summed E-state index contributed by atoms with van der Waals surface area (Å²) in [6.07, 6.45) is 8.71. The van der Waals surface area contributed by atoms with Crippen molar-refractivity contribution in [3.63, 3.8) is 0 Å². The van der Waals surface area contributed by atoms with Crippen molar-refractivity contribution in [2.75, 3.05) is 5.32 Å². The first-order valence-electron chi connectivity index (χ1n) is 13.3. The van der Waals surface area contributed by atoms with Gasteiger partial charge in [0.2, 0.25) is 5.91 Å². The Morgan fingerprint density at radius 3 is 2.62 bits per heavy atom. The quantitative estimate of drug-likeness (QED) is 0.295. The monoisotopic (exact) mass is 529 g/mol.